The molecule has 0 unspecified atom stereocenters. The van der Waals surface area contributed by atoms with E-state index in [-0.39, 0.29) is 0 Å². The van der Waals surface area contributed by atoms with E-state index in [9.17, 15) is 0 Å². The predicted molar refractivity (Wildman–Crippen MR) is 66.1 cm³/mol. The van der Waals surface area contributed by atoms with Crippen LogP contribution < -0.4 is 21.3 Å². The summed E-state index contributed by atoms with van der Waals surface area (Å²) < 4.78 is 5.08. The monoisotopic (exact) mass is 231 g/mol. The molecular weight excluding hydrogens is 218 g/mol. The van der Waals surface area contributed by atoms with Gasteiger partial charge in [-0.3, -0.25) is 0 Å². The number of aromatic nitrogens is 2. The number of rotatable bonds is 4. The zero-order valence-electron chi connectivity index (χ0n) is 9.34. The van der Waals surface area contributed by atoms with E-state index >= 15 is 0 Å². The molecule has 1 heterocycles. The molecule has 1 aromatic heterocycles. The van der Waals surface area contributed by atoms with E-state index in [1.54, 1.807) is 19.4 Å². The third-order valence-electron chi connectivity index (χ3n) is 2.23. The summed E-state index contributed by atoms with van der Waals surface area (Å²) in [5.74, 6) is 6.63. The first kappa shape index (κ1) is 11.2. The Hall–Kier alpha value is -2.34. The van der Waals surface area contributed by atoms with Crippen LogP contribution in [0.15, 0.2) is 36.5 Å². The molecule has 0 aliphatic rings. The summed E-state index contributed by atoms with van der Waals surface area (Å²) in [5.41, 5.74) is 4.15. The lowest BCUT2D eigenvalue weighted by molar-refractivity contribution is 0.415. The summed E-state index contributed by atoms with van der Waals surface area (Å²) in [4.78, 5) is 0. The van der Waals surface area contributed by atoms with Crippen molar-refractivity contribution in [3.05, 3.63) is 36.5 Å². The highest BCUT2D eigenvalue weighted by Gasteiger charge is 2.02. The molecule has 0 atom stereocenters. The first-order valence-corrected chi connectivity index (χ1v) is 5.03. The minimum Gasteiger partial charge on any atom is -0.497 e. The molecule has 1 aromatic carbocycles. The number of ether oxygens (including phenoxy) is 1. The maximum Gasteiger partial charge on any atom is 0.186 e. The van der Waals surface area contributed by atoms with Crippen molar-refractivity contribution in [1.29, 1.82) is 0 Å². The first-order chi connectivity index (χ1) is 8.33. The Bertz CT molecular complexity index is 485. The number of hydrazine groups is 1. The average molecular weight is 231 g/mol. The zero-order chi connectivity index (χ0) is 12.1. The summed E-state index contributed by atoms with van der Waals surface area (Å²) in [6, 6.07) is 9.32. The second kappa shape index (κ2) is 5.13. The minimum absolute atomic E-state index is 0.489. The van der Waals surface area contributed by atoms with Gasteiger partial charge >= 0.3 is 0 Å². The van der Waals surface area contributed by atoms with E-state index in [0.717, 1.165) is 17.1 Å². The Morgan fingerprint density at radius 2 is 1.94 bits per heavy atom. The third-order valence-corrected chi connectivity index (χ3v) is 2.23. The quantitative estimate of drug-likeness (QED) is 0.546. The number of benzene rings is 1. The molecule has 0 aliphatic heterocycles. The van der Waals surface area contributed by atoms with Gasteiger partial charge in [0, 0.05) is 5.69 Å². The average Bonchev–Trinajstić information content (AvgIpc) is 2.40. The van der Waals surface area contributed by atoms with E-state index in [2.05, 4.69) is 20.9 Å². The van der Waals surface area contributed by atoms with Gasteiger partial charge in [0.15, 0.2) is 5.82 Å². The van der Waals surface area contributed by atoms with Crippen LogP contribution in [0, 0.1) is 0 Å². The SMILES string of the molecule is COc1ccc(Nc2ccnnc2NN)cc1. The Balaban J connectivity index is 2.19. The lowest BCUT2D eigenvalue weighted by Gasteiger charge is -2.09. The molecule has 0 bridgehead atoms. The van der Waals surface area contributed by atoms with Crippen LogP contribution in [-0.2, 0) is 0 Å². The van der Waals surface area contributed by atoms with Crippen LogP contribution in [-0.4, -0.2) is 17.3 Å². The van der Waals surface area contributed by atoms with E-state index in [1.165, 1.54) is 0 Å². The van der Waals surface area contributed by atoms with E-state index < -0.39 is 0 Å². The van der Waals surface area contributed by atoms with Crippen LogP contribution in [0.2, 0.25) is 0 Å². The molecule has 2 aromatic rings. The fraction of sp³-hybridized carbons (Fsp3) is 0.0909. The fourth-order valence-electron chi connectivity index (χ4n) is 1.37. The first-order valence-electron chi connectivity index (χ1n) is 5.03. The van der Waals surface area contributed by atoms with Gasteiger partial charge in [0.25, 0.3) is 0 Å². The molecule has 0 radical (unpaired) electrons. The van der Waals surface area contributed by atoms with Gasteiger partial charge in [-0.05, 0) is 30.3 Å². The number of nitrogens with two attached hydrogens (primary N) is 1. The number of hydrogen-bond donors (Lipinski definition) is 3. The second-order valence-electron chi connectivity index (χ2n) is 3.29. The number of nitrogen functional groups attached to an aromatic ring is 1. The van der Waals surface area contributed by atoms with Crippen molar-refractivity contribution in [2.45, 2.75) is 0 Å². The molecule has 0 fully saturated rings. The van der Waals surface area contributed by atoms with E-state index in [1.807, 2.05) is 24.3 Å². The molecule has 17 heavy (non-hydrogen) atoms. The summed E-state index contributed by atoms with van der Waals surface area (Å²) in [5, 5.41) is 10.8. The summed E-state index contributed by atoms with van der Waals surface area (Å²) in [6.45, 7) is 0. The topological polar surface area (TPSA) is 85.1 Å². The van der Waals surface area contributed by atoms with Gasteiger partial charge in [-0.1, -0.05) is 0 Å². The standard InChI is InChI=1S/C11H13N5O/c1-17-9-4-2-8(3-5-9)14-10-6-7-13-16-11(10)15-12/h2-7H,12H2,1H3,(H,13,14)(H,15,16). The predicted octanol–water partition coefficient (Wildman–Crippen LogP) is 1.51. The largest absolute Gasteiger partial charge is 0.497 e. The van der Waals surface area contributed by atoms with Gasteiger partial charge in [-0.25, -0.2) is 5.84 Å². The normalized spacial score (nSPS) is 9.76. The highest BCUT2D eigenvalue weighted by molar-refractivity contribution is 5.70. The summed E-state index contributed by atoms with van der Waals surface area (Å²) >= 11 is 0. The number of nitrogens with one attached hydrogen (secondary N) is 2. The van der Waals surface area contributed by atoms with Gasteiger partial charge in [-0.2, -0.15) is 5.10 Å². The second-order valence-corrected chi connectivity index (χ2v) is 3.29. The van der Waals surface area contributed by atoms with Crippen molar-refractivity contribution >= 4 is 17.2 Å². The van der Waals surface area contributed by atoms with Crippen LogP contribution in [0.4, 0.5) is 17.2 Å². The van der Waals surface area contributed by atoms with Gasteiger partial charge in [0.05, 0.1) is 19.0 Å². The van der Waals surface area contributed by atoms with Crippen molar-refractivity contribution in [2.75, 3.05) is 17.9 Å². The highest BCUT2D eigenvalue weighted by Crippen LogP contribution is 2.23. The van der Waals surface area contributed by atoms with Gasteiger partial charge in [-0.15, -0.1) is 5.10 Å². The van der Waals surface area contributed by atoms with Gasteiger partial charge < -0.3 is 15.5 Å². The van der Waals surface area contributed by atoms with Crippen molar-refractivity contribution in [3.8, 4) is 5.75 Å². The molecule has 4 N–H and O–H groups in total. The maximum atomic E-state index is 5.34. The highest BCUT2D eigenvalue weighted by atomic mass is 16.5. The molecule has 0 amide bonds. The minimum atomic E-state index is 0.489. The summed E-state index contributed by atoms with van der Waals surface area (Å²) in [6.07, 6.45) is 1.59. The molecule has 0 aliphatic carbocycles. The Morgan fingerprint density at radius 1 is 1.18 bits per heavy atom. The van der Waals surface area contributed by atoms with E-state index in [4.69, 9.17) is 10.6 Å². The van der Waals surface area contributed by atoms with E-state index in [0.29, 0.717) is 5.82 Å². The molecule has 0 saturated heterocycles. The number of nitrogens with zero attached hydrogens (tertiary/aromatic N) is 2. The third kappa shape index (κ3) is 2.61. The van der Waals surface area contributed by atoms with Gasteiger partial charge in [0.1, 0.15) is 5.75 Å². The van der Waals surface area contributed by atoms with Crippen LogP contribution in [0.3, 0.4) is 0 Å². The van der Waals surface area contributed by atoms with Crippen molar-refractivity contribution in [3.63, 3.8) is 0 Å². The van der Waals surface area contributed by atoms with Crippen LogP contribution in [0.1, 0.15) is 0 Å². The molecule has 0 saturated carbocycles. The van der Waals surface area contributed by atoms with Crippen LogP contribution >= 0.6 is 0 Å². The summed E-state index contributed by atoms with van der Waals surface area (Å²) in [7, 11) is 1.63. The fourth-order valence-corrected chi connectivity index (χ4v) is 1.37. The zero-order valence-corrected chi connectivity index (χ0v) is 9.34. The Kier molecular flexibility index (Phi) is 3.37. The molecule has 0 spiro atoms. The molecule has 2 rings (SSSR count). The maximum absolute atomic E-state index is 5.34. The van der Waals surface area contributed by atoms with Crippen molar-refractivity contribution < 1.29 is 4.74 Å². The van der Waals surface area contributed by atoms with Crippen LogP contribution in [0.5, 0.6) is 5.75 Å². The lowest BCUT2D eigenvalue weighted by atomic mass is 10.3. The Labute approximate surface area is 98.8 Å². The van der Waals surface area contributed by atoms with Crippen molar-refractivity contribution in [2.24, 2.45) is 5.84 Å². The molecular formula is C11H13N5O. The Morgan fingerprint density at radius 3 is 2.59 bits per heavy atom. The molecule has 6 heteroatoms. The van der Waals surface area contributed by atoms with Crippen molar-refractivity contribution in [1.82, 2.24) is 10.2 Å². The number of methoxy groups -OCH3 is 1. The molecule has 6 nitrogen and oxygen atoms in total. The van der Waals surface area contributed by atoms with Gasteiger partial charge in [0.2, 0.25) is 0 Å². The smallest absolute Gasteiger partial charge is 0.186 e. The number of hydrogen-bond acceptors (Lipinski definition) is 6. The lowest BCUT2D eigenvalue weighted by Crippen LogP contribution is -2.11. The number of anilines is 3. The molecule has 88 valence electrons. The van der Waals surface area contributed by atoms with Crippen LogP contribution in [0.25, 0.3) is 0 Å².